The van der Waals surface area contributed by atoms with Gasteiger partial charge in [0.05, 0.1) is 17.6 Å². The number of hydrogen-bond acceptors (Lipinski definition) is 5. The Hall–Kier alpha value is -1.49. The van der Waals surface area contributed by atoms with Gasteiger partial charge in [0.2, 0.25) is 0 Å². The second-order valence-corrected chi connectivity index (χ2v) is 3.32. The molecule has 0 fully saturated rings. The molecule has 0 amide bonds. The van der Waals surface area contributed by atoms with Gasteiger partial charge in [-0.1, -0.05) is 10.6 Å². The van der Waals surface area contributed by atoms with Crippen LogP contribution in [0.4, 0.5) is 5.82 Å². The summed E-state index contributed by atoms with van der Waals surface area (Å²) >= 11 is 1.39. The van der Waals surface area contributed by atoms with E-state index in [0.29, 0.717) is 0 Å². The minimum atomic E-state index is 0.731. The van der Waals surface area contributed by atoms with Gasteiger partial charge in [-0.25, -0.2) is 4.98 Å². The third kappa shape index (κ3) is 2.22. The fraction of sp³-hybridized carbons (Fsp3) is 0.125. The van der Waals surface area contributed by atoms with E-state index in [2.05, 4.69) is 19.9 Å². The summed E-state index contributed by atoms with van der Waals surface area (Å²) in [5.41, 5.74) is 0. The van der Waals surface area contributed by atoms with Crippen molar-refractivity contribution in [3.05, 3.63) is 35.5 Å². The molecule has 0 aliphatic carbocycles. The third-order valence-electron chi connectivity index (χ3n) is 1.52. The Bertz CT molecular complexity index is 346. The van der Waals surface area contributed by atoms with Crippen molar-refractivity contribution in [2.45, 2.75) is 6.54 Å². The number of pyridine rings is 1. The van der Waals surface area contributed by atoms with Crippen LogP contribution in [0.2, 0.25) is 0 Å². The first-order valence-corrected chi connectivity index (χ1v) is 4.63. The van der Waals surface area contributed by atoms with Crippen molar-refractivity contribution in [1.29, 1.82) is 0 Å². The van der Waals surface area contributed by atoms with Crippen LogP contribution in [0.5, 0.6) is 0 Å². The van der Waals surface area contributed by atoms with Crippen LogP contribution in [0, 0.1) is 0 Å². The van der Waals surface area contributed by atoms with Crippen LogP contribution in [-0.2, 0) is 6.54 Å². The largest absolute Gasteiger partial charge is 0.365 e. The molecular weight excluding hydrogens is 184 g/mol. The number of aromatic nitrogens is 3. The fourth-order valence-electron chi connectivity index (χ4n) is 0.910. The van der Waals surface area contributed by atoms with Gasteiger partial charge < -0.3 is 5.32 Å². The van der Waals surface area contributed by atoms with Gasteiger partial charge >= 0.3 is 0 Å². The predicted molar refractivity (Wildman–Crippen MR) is 51.5 cm³/mol. The Morgan fingerprint density at radius 2 is 2.38 bits per heavy atom. The Morgan fingerprint density at radius 3 is 3.08 bits per heavy atom. The van der Waals surface area contributed by atoms with E-state index in [-0.39, 0.29) is 0 Å². The summed E-state index contributed by atoms with van der Waals surface area (Å²) in [5, 5.41) is 6.91. The van der Waals surface area contributed by atoms with Crippen molar-refractivity contribution in [1.82, 2.24) is 14.6 Å². The highest BCUT2D eigenvalue weighted by molar-refractivity contribution is 7.05. The van der Waals surface area contributed by atoms with E-state index in [9.17, 15) is 0 Å². The van der Waals surface area contributed by atoms with E-state index in [1.165, 1.54) is 11.5 Å². The van der Waals surface area contributed by atoms with E-state index in [1.54, 1.807) is 12.4 Å². The fourth-order valence-corrected chi connectivity index (χ4v) is 1.34. The van der Waals surface area contributed by atoms with Gasteiger partial charge in [0, 0.05) is 6.20 Å². The van der Waals surface area contributed by atoms with Gasteiger partial charge in [-0.3, -0.25) is 0 Å². The van der Waals surface area contributed by atoms with Gasteiger partial charge in [-0.15, -0.1) is 5.10 Å². The second kappa shape index (κ2) is 3.95. The molecule has 0 saturated carbocycles. The van der Waals surface area contributed by atoms with Crippen LogP contribution in [0.15, 0.2) is 30.6 Å². The van der Waals surface area contributed by atoms with E-state index in [1.807, 2.05) is 18.2 Å². The monoisotopic (exact) mass is 192 g/mol. The summed E-state index contributed by atoms with van der Waals surface area (Å²) in [6.45, 7) is 0.731. The maximum atomic E-state index is 4.13. The lowest BCUT2D eigenvalue weighted by Gasteiger charge is -2.00. The molecule has 0 bridgehead atoms. The first-order chi connectivity index (χ1) is 6.45. The number of hydrogen-bond donors (Lipinski definition) is 1. The molecule has 0 atom stereocenters. The van der Waals surface area contributed by atoms with Crippen LogP contribution in [0.3, 0.4) is 0 Å². The summed E-state index contributed by atoms with van der Waals surface area (Å²) in [6, 6.07) is 5.76. The molecule has 2 aromatic rings. The van der Waals surface area contributed by atoms with E-state index in [0.717, 1.165) is 17.2 Å². The number of rotatable bonds is 3. The average Bonchev–Trinajstić information content (AvgIpc) is 2.69. The average molecular weight is 192 g/mol. The molecule has 2 aromatic heterocycles. The molecule has 0 aliphatic rings. The lowest BCUT2D eigenvalue weighted by atomic mass is 10.4. The molecule has 2 heterocycles. The van der Waals surface area contributed by atoms with Crippen LogP contribution in [0.1, 0.15) is 4.88 Å². The summed E-state index contributed by atoms with van der Waals surface area (Å²) in [4.78, 5) is 5.23. The van der Waals surface area contributed by atoms with Gasteiger partial charge in [0.1, 0.15) is 5.82 Å². The molecule has 1 N–H and O–H groups in total. The van der Waals surface area contributed by atoms with Crippen molar-refractivity contribution < 1.29 is 0 Å². The highest BCUT2D eigenvalue weighted by Crippen LogP contribution is 2.06. The van der Waals surface area contributed by atoms with Crippen LogP contribution in [-0.4, -0.2) is 14.6 Å². The lowest BCUT2D eigenvalue weighted by molar-refractivity contribution is 1.11. The highest BCUT2D eigenvalue weighted by Gasteiger charge is 1.95. The van der Waals surface area contributed by atoms with Crippen LogP contribution in [0.25, 0.3) is 0 Å². The smallest absolute Gasteiger partial charge is 0.126 e. The van der Waals surface area contributed by atoms with Crippen LogP contribution >= 0.6 is 11.5 Å². The topological polar surface area (TPSA) is 50.7 Å². The molecule has 4 nitrogen and oxygen atoms in total. The Labute approximate surface area is 79.8 Å². The summed E-state index contributed by atoms with van der Waals surface area (Å²) in [6.07, 6.45) is 3.51. The molecule has 0 radical (unpaired) electrons. The zero-order valence-electron chi connectivity index (χ0n) is 6.84. The molecule has 66 valence electrons. The molecular formula is C8H8N4S. The van der Waals surface area contributed by atoms with Crippen molar-refractivity contribution in [2.24, 2.45) is 0 Å². The number of nitrogens with zero attached hydrogens (tertiary/aromatic N) is 3. The quantitative estimate of drug-likeness (QED) is 0.801. The SMILES string of the molecule is c1ccc(NCc2cnns2)nc1. The highest BCUT2D eigenvalue weighted by atomic mass is 32.1. The Balaban J connectivity index is 1.94. The second-order valence-electron chi connectivity index (χ2n) is 2.45. The maximum absolute atomic E-state index is 4.13. The molecule has 0 aliphatic heterocycles. The normalized spacial score (nSPS) is 9.85. The van der Waals surface area contributed by atoms with Gasteiger partial charge in [-0.2, -0.15) is 0 Å². The summed E-state index contributed by atoms with van der Waals surface area (Å²) < 4.78 is 3.77. The minimum absolute atomic E-state index is 0.731. The van der Waals surface area contributed by atoms with Crippen molar-refractivity contribution in [3.8, 4) is 0 Å². The number of anilines is 1. The maximum Gasteiger partial charge on any atom is 0.126 e. The summed E-state index contributed by atoms with van der Waals surface area (Å²) in [7, 11) is 0. The first kappa shape index (κ1) is 8.12. The van der Waals surface area contributed by atoms with Crippen molar-refractivity contribution in [2.75, 3.05) is 5.32 Å². The Morgan fingerprint density at radius 1 is 1.38 bits per heavy atom. The van der Waals surface area contributed by atoms with Gasteiger partial charge in [-0.05, 0) is 23.7 Å². The number of nitrogens with one attached hydrogen (secondary N) is 1. The zero-order chi connectivity index (χ0) is 8.93. The molecule has 13 heavy (non-hydrogen) atoms. The molecule has 0 spiro atoms. The van der Waals surface area contributed by atoms with Crippen molar-refractivity contribution in [3.63, 3.8) is 0 Å². The van der Waals surface area contributed by atoms with Gasteiger partial charge in [0.15, 0.2) is 0 Å². The first-order valence-electron chi connectivity index (χ1n) is 3.86. The molecule has 5 heteroatoms. The molecule has 0 saturated heterocycles. The van der Waals surface area contributed by atoms with E-state index in [4.69, 9.17) is 0 Å². The van der Waals surface area contributed by atoms with Crippen molar-refractivity contribution >= 4 is 17.4 Å². The summed E-state index contributed by atoms with van der Waals surface area (Å²) in [5.74, 6) is 0.871. The van der Waals surface area contributed by atoms with Crippen LogP contribution < -0.4 is 5.32 Å². The van der Waals surface area contributed by atoms with Gasteiger partial charge in [0.25, 0.3) is 0 Å². The van der Waals surface area contributed by atoms with E-state index >= 15 is 0 Å². The standard InChI is InChI=1S/C8H8N4S/c1-2-4-9-8(3-1)10-5-7-6-11-12-13-7/h1-4,6H,5H2,(H,9,10). The lowest BCUT2D eigenvalue weighted by Crippen LogP contribution is -1.98. The molecule has 2 rings (SSSR count). The zero-order valence-corrected chi connectivity index (χ0v) is 7.66. The Kier molecular flexibility index (Phi) is 2.47. The van der Waals surface area contributed by atoms with E-state index < -0.39 is 0 Å². The minimum Gasteiger partial charge on any atom is -0.365 e. The third-order valence-corrected chi connectivity index (χ3v) is 2.18. The predicted octanol–water partition coefficient (Wildman–Crippen LogP) is 1.55. The molecule has 0 aromatic carbocycles. The molecule has 0 unspecified atom stereocenters.